The highest BCUT2D eigenvalue weighted by molar-refractivity contribution is 5.77. The average molecular weight is 361 g/mol. The van der Waals surface area contributed by atoms with Gasteiger partial charge in [0.25, 0.3) is 11.2 Å². The Hall–Kier alpha value is -4.12. The van der Waals surface area contributed by atoms with E-state index in [0.29, 0.717) is 33.9 Å². The van der Waals surface area contributed by atoms with Crippen LogP contribution in [0.5, 0.6) is 11.5 Å². The van der Waals surface area contributed by atoms with Gasteiger partial charge in [-0.15, -0.1) is 0 Å². The number of aromatic amines is 1. The molecule has 3 aromatic rings. The molecular formula is C19H11N3O5. The zero-order valence-electron chi connectivity index (χ0n) is 13.8. The maximum atomic E-state index is 12.4. The molecule has 8 nitrogen and oxygen atoms in total. The molecule has 1 N–H and O–H groups in total. The fourth-order valence-corrected chi connectivity index (χ4v) is 2.88. The van der Waals surface area contributed by atoms with E-state index in [0.717, 1.165) is 0 Å². The van der Waals surface area contributed by atoms with E-state index in [-0.39, 0.29) is 18.0 Å². The zero-order chi connectivity index (χ0) is 19.0. The number of nitriles is 1. The number of aromatic nitrogens is 1. The van der Waals surface area contributed by atoms with E-state index < -0.39 is 10.5 Å². The minimum absolute atomic E-state index is 0.0282. The SMILES string of the molecule is N#Cc1c(-c2ccc3c(c2)OCO3)cc(-c2ccc([N+](=O)[O-])cc2)[nH]c1=O. The highest BCUT2D eigenvalue weighted by Crippen LogP contribution is 2.37. The van der Waals surface area contributed by atoms with Gasteiger partial charge in [0.15, 0.2) is 11.5 Å². The number of rotatable bonds is 3. The average Bonchev–Trinajstić information content (AvgIpc) is 3.15. The maximum absolute atomic E-state index is 12.4. The van der Waals surface area contributed by atoms with E-state index in [1.54, 1.807) is 36.4 Å². The molecule has 0 unspecified atom stereocenters. The van der Waals surface area contributed by atoms with Gasteiger partial charge in [-0.1, -0.05) is 6.07 Å². The topological polar surface area (TPSA) is 118 Å². The van der Waals surface area contributed by atoms with Crippen molar-refractivity contribution in [2.75, 3.05) is 6.79 Å². The Morgan fingerprint density at radius 3 is 2.44 bits per heavy atom. The number of nitrogens with one attached hydrogen (secondary N) is 1. The van der Waals surface area contributed by atoms with Crippen molar-refractivity contribution in [2.45, 2.75) is 0 Å². The first-order chi connectivity index (χ1) is 13.1. The van der Waals surface area contributed by atoms with Gasteiger partial charge >= 0.3 is 0 Å². The number of hydrogen-bond acceptors (Lipinski definition) is 6. The summed E-state index contributed by atoms with van der Waals surface area (Å²) in [4.78, 5) is 25.4. The Morgan fingerprint density at radius 1 is 1.04 bits per heavy atom. The molecule has 0 bridgehead atoms. The Morgan fingerprint density at radius 2 is 1.74 bits per heavy atom. The number of hydrogen-bond donors (Lipinski definition) is 1. The van der Waals surface area contributed by atoms with Crippen molar-refractivity contribution in [3.8, 4) is 40.0 Å². The first kappa shape index (κ1) is 16.4. The summed E-state index contributed by atoms with van der Waals surface area (Å²) in [5.41, 5.74) is 1.48. The van der Waals surface area contributed by atoms with Gasteiger partial charge < -0.3 is 14.5 Å². The lowest BCUT2D eigenvalue weighted by Crippen LogP contribution is -2.12. The number of pyridine rings is 1. The summed E-state index contributed by atoms with van der Waals surface area (Å²) in [6.45, 7) is 0.118. The van der Waals surface area contributed by atoms with E-state index in [9.17, 15) is 20.2 Å². The van der Waals surface area contributed by atoms with Crippen molar-refractivity contribution in [1.82, 2.24) is 4.98 Å². The van der Waals surface area contributed by atoms with Gasteiger partial charge in [-0.3, -0.25) is 14.9 Å². The van der Waals surface area contributed by atoms with Crippen LogP contribution in [0.15, 0.2) is 53.3 Å². The number of non-ortho nitro benzene ring substituents is 1. The van der Waals surface area contributed by atoms with Crippen molar-refractivity contribution in [2.24, 2.45) is 0 Å². The monoisotopic (exact) mass is 361 g/mol. The van der Waals surface area contributed by atoms with Crippen molar-refractivity contribution in [3.63, 3.8) is 0 Å². The molecule has 27 heavy (non-hydrogen) atoms. The second-order valence-corrected chi connectivity index (χ2v) is 5.78. The molecule has 0 saturated heterocycles. The largest absolute Gasteiger partial charge is 0.454 e. The Balaban J connectivity index is 1.85. The fraction of sp³-hybridized carbons (Fsp3) is 0.0526. The van der Waals surface area contributed by atoms with E-state index in [4.69, 9.17) is 9.47 Å². The number of benzene rings is 2. The lowest BCUT2D eigenvalue weighted by Gasteiger charge is -2.09. The Bertz CT molecular complexity index is 1160. The number of nitro benzene ring substituents is 1. The van der Waals surface area contributed by atoms with E-state index in [2.05, 4.69) is 4.98 Å². The molecule has 0 spiro atoms. The number of ether oxygens (including phenoxy) is 2. The van der Waals surface area contributed by atoms with Crippen LogP contribution >= 0.6 is 0 Å². The maximum Gasteiger partial charge on any atom is 0.269 e. The molecule has 1 aliphatic rings. The van der Waals surface area contributed by atoms with E-state index in [1.165, 1.54) is 12.1 Å². The molecule has 1 aromatic heterocycles. The van der Waals surface area contributed by atoms with Crippen LogP contribution in [0, 0.1) is 21.4 Å². The van der Waals surface area contributed by atoms with Gasteiger partial charge in [-0.2, -0.15) is 5.26 Å². The number of fused-ring (bicyclic) bond motifs is 1. The van der Waals surface area contributed by atoms with Gasteiger partial charge in [0.2, 0.25) is 6.79 Å². The summed E-state index contributed by atoms with van der Waals surface area (Å²) in [7, 11) is 0. The van der Waals surface area contributed by atoms with Crippen LogP contribution in [0.1, 0.15) is 5.56 Å². The van der Waals surface area contributed by atoms with Crippen LogP contribution in [-0.2, 0) is 0 Å². The highest BCUT2D eigenvalue weighted by Gasteiger charge is 2.18. The molecule has 132 valence electrons. The highest BCUT2D eigenvalue weighted by atomic mass is 16.7. The van der Waals surface area contributed by atoms with Crippen molar-refractivity contribution in [3.05, 3.63) is 74.6 Å². The smallest absolute Gasteiger partial charge is 0.269 e. The summed E-state index contributed by atoms with van der Waals surface area (Å²) in [5.74, 6) is 1.13. The lowest BCUT2D eigenvalue weighted by molar-refractivity contribution is -0.384. The van der Waals surface area contributed by atoms with Crippen molar-refractivity contribution < 1.29 is 14.4 Å². The lowest BCUT2D eigenvalue weighted by atomic mass is 9.98. The van der Waals surface area contributed by atoms with Gasteiger partial charge in [0.05, 0.1) is 4.92 Å². The second-order valence-electron chi connectivity index (χ2n) is 5.78. The molecular weight excluding hydrogens is 350 g/mol. The third-order valence-electron chi connectivity index (χ3n) is 4.22. The normalized spacial score (nSPS) is 11.8. The second kappa shape index (κ2) is 6.31. The molecule has 0 saturated carbocycles. The molecule has 0 fully saturated rings. The first-order valence-electron chi connectivity index (χ1n) is 7.89. The molecule has 8 heteroatoms. The molecule has 2 heterocycles. The Kier molecular flexibility index (Phi) is 3.82. The van der Waals surface area contributed by atoms with Crippen LogP contribution < -0.4 is 15.0 Å². The predicted octanol–water partition coefficient (Wildman–Crippen LogP) is 3.22. The van der Waals surface area contributed by atoms with Crippen molar-refractivity contribution >= 4 is 5.69 Å². The minimum Gasteiger partial charge on any atom is -0.454 e. The molecule has 1 aliphatic heterocycles. The molecule has 0 amide bonds. The van der Waals surface area contributed by atoms with Gasteiger partial charge in [0, 0.05) is 23.4 Å². The summed E-state index contributed by atoms with van der Waals surface area (Å²) < 4.78 is 10.6. The first-order valence-corrected chi connectivity index (χ1v) is 7.89. The van der Waals surface area contributed by atoms with Crippen molar-refractivity contribution in [1.29, 1.82) is 5.26 Å². The molecule has 0 atom stereocenters. The van der Waals surface area contributed by atoms with Gasteiger partial charge in [-0.05, 0) is 41.5 Å². The van der Waals surface area contributed by atoms with Gasteiger partial charge in [0.1, 0.15) is 11.6 Å². The predicted molar refractivity (Wildman–Crippen MR) is 95.4 cm³/mol. The van der Waals surface area contributed by atoms with Crippen LogP contribution in [0.4, 0.5) is 5.69 Å². The number of H-pyrrole nitrogens is 1. The number of nitrogens with zero attached hydrogens (tertiary/aromatic N) is 2. The van der Waals surface area contributed by atoms with E-state index >= 15 is 0 Å². The zero-order valence-corrected chi connectivity index (χ0v) is 13.8. The third-order valence-corrected chi connectivity index (χ3v) is 4.22. The summed E-state index contributed by atoms with van der Waals surface area (Å²) in [5, 5.41) is 20.2. The minimum atomic E-state index is -0.541. The van der Waals surface area contributed by atoms with Gasteiger partial charge in [-0.25, -0.2) is 0 Å². The standard InChI is InChI=1S/C19H11N3O5/c20-9-15-14(12-3-6-17-18(7-12)27-10-26-17)8-16(21-19(15)23)11-1-4-13(5-2-11)22(24)25/h1-8H,10H2,(H,21,23). The number of nitro groups is 1. The third kappa shape index (κ3) is 2.87. The van der Waals surface area contributed by atoms with Crippen LogP contribution in [0.3, 0.4) is 0 Å². The molecule has 0 aliphatic carbocycles. The summed E-state index contributed by atoms with van der Waals surface area (Å²) in [6.07, 6.45) is 0. The van der Waals surface area contributed by atoms with Crippen LogP contribution in [-0.4, -0.2) is 16.7 Å². The fourth-order valence-electron chi connectivity index (χ4n) is 2.88. The van der Waals surface area contributed by atoms with Crippen LogP contribution in [0.25, 0.3) is 22.4 Å². The quantitative estimate of drug-likeness (QED) is 0.565. The van der Waals surface area contributed by atoms with E-state index in [1.807, 2.05) is 6.07 Å². The summed E-state index contributed by atoms with van der Waals surface area (Å²) >= 11 is 0. The molecule has 0 radical (unpaired) electrons. The summed E-state index contributed by atoms with van der Waals surface area (Å²) in [6, 6.07) is 14.5. The molecule has 2 aromatic carbocycles. The van der Waals surface area contributed by atoms with Crippen LogP contribution in [0.2, 0.25) is 0 Å². The Labute approximate surface area is 152 Å². The molecule has 4 rings (SSSR count).